The molecule has 6 heteroatoms. The van der Waals surface area contributed by atoms with Crippen molar-refractivity contribution >= 4 is 17.2 Å². The second kappa shape index (κ2) is 7.01. The number of hydrazine groups is 1. The van der Waals surface area contributed by atoms with Gasteiger partial charge in [0, 0.05) is 35.9 Å². The van der Waals surface area contributed by atoms with Crippen molar-refractivity contribution in [2.24, 2.45) is 5.92 Å². The van der Waals surface area contributed by atoms with Gasteiger partial charge in [0.05, 0.1) is 10.7 Å². The third-order valence-corrected chi connectivity index (χ3v) is 5.87. The van der Waals surface area contributed by atoms with Gasteiger partial charge in [0.2, 0.25) is 5.91 Å². The molecule has 5 nitrogen and oxygen atoms in total. The van der Waals surface area contributed by atoms with Gasteiger partial charge in [0.15, 0.2) is 0 Å². The Morgan fingerprint density at radius 3 is 3.00 bits per heavy atom. The molecule has 2 aromatic rings. The number of thiazole rings is 1. The van der Waals surface area contributed by atoms with Gasteiger partial charge in [0.1, 0.15) is 6.04 Å². The molecule has 2 aliphatic rings. The summed E-state index contributed by atoms with van der Waals surface area (Å²) in [5.74, 6) is 0.547. The van der Waals surface area contributed by atoms with E-state index < -0.39 is 0 Å². The fraction of sp³-hybridized carbons (Fsp3) is 0.444. The summed E-state index contributed by atoms with van der Waals surface area (Å²) in [6.45, 7) is 0.635. The lowest BCUT2D eigenvalue weighted by atomic mass is 9.97. The van der Waals surface area contributed by atoms with Gasteiger partial charge >= 0.3 is 0 Å². The van der Waals surface area contributed by atoms with Crippen LogP contribution in [0.25, 0.3) is 11.3 Å². The van der Waals surface area contributed by atoms with Crippen LogP contribution in [0.15, 0.2) is 35.7 Å². The fourth-order valence-corrected chi connectivity index (χ4v) is 4.51. The lowest BCUT2D eigenvalue weighted by Gasteiger charge is -2.16. The van der Waals surface area contributed by atoms with E-state index in [-0.39, 0.29) is 11.9 Å². The molecule has 126 valence electrons. The van der Waals surface area contributed by atoms with Crippen LogP contribution >= 0.6 is 11.3 Å². The SMILES string of the molecule is O=C(NCCc1nc(-c2ccccc2)cs1)C1NNC2CCCC21. The molecule has 2 fully saturated rings. The molecule has 24 heavy (non-hydrogen) atoms. The van der Waals surface area contributed by atoms with Crippen molar-refractivity contribution in [2.75, 3.05) is 6.54 Å². The number of carbonyl (C=O) groups is 1. The molecule has 3 atom stereocenters. The van der Waals surface area contributed by atoms with E-state index in [1.54, 1.807) is 11.3 Å². The summed E-state index contributed by atoms with van der Waals surface area (Å²) in [5.41, 5.74) is 8.56. The Hall–Kier alpha value is -1.76. The zero-order valence-electron chi connectivity index (χ0n) is 13.5. The van der Waals surface area contributed by atoms with Gasteiger partial charge in [-0.15, -0.1) is 11.3 Å². The maximum absolute atomic E-state index is 12.4. The van der Waals surface area contributed by atoms with Gasteiger partial charge < -0.3 is 5.32 Å². The van der Waals surface area contributed by atoms with Crippen LogP contribution in [0.5, 0.6) is 0 Å². The van der Waals surface area contributed by atoms with Gasteiger partial charge in [-0.25, -0.2) is 10.4 Å². The van der Waals surface area contributed by atoms with Crippen molar-refractivity contribution in [1.82, 2.24) is 21.2 Å². The molecular weight excluding hydrogens is 320 g/mol. The van der Waals surface area contributed by atoms with Gasteiger partial charge in [-0.3, -0.25) is 10.2 Å². The highest BCUT2D eigenvalue weighted by atomic mass is 32.1. The Labute approximate surface area is 145 Å². The van der Waals surface area contributed by atoms with Gasteiger partial charge in [-0.05, 0) is 12.8 Å². The van der Waals surface area contributed by atoms with Crippen molar-refractivity contribution in [1.29, 1.82) is 0 Å². The molecule has 1 saturated carbocycles. The van der Waals surface area contributed by atoms with Crippen LogP contribution in [0, 0.1) is 5.92 Å². The number of fused-ring (bicyclic) bond motifs is 1. The standard InChI is InChI=1S/C18H22N4OS/c23-18(17-13-7-4-8-14(13)21-22-17)19-10-9-16-20-15(11-24-16)12-5-2-1-3-6-12/h1-3,5-6,11,13-14,17,21-22H,4,7-10H2,(H,19,23). The highest BCUT2D eigenvalue weighted by molar-refractivity contribution is 7.09. The van der Waals surface area contributed by atoms with Crippen LogP contribution in [0.4, 0.5) is 0 Å². The summed E-state index contributed by atoms with van der Waals surface area (Å²) < 4.78 is 0. The fourth-order valence-electron chi connectivity index (χ4n) is 3.70. The topological polar surface area (TPSA) is 66.0 Å². The molecule has 0 spiro atoms. The van der Waals surface area contributed by atoms with E-state index in [1.807, 2.05) is 18.2 Å². The number of aromatic nitrogens is 1. The molecule has 3 unspecified atom stereocenters. The second-order valence-electron chi connectivity index (χ2n) is 6.50. The van der Waals surface area contributed by atoms with E-state index in [0.717, 1.165) is 29.1 Å². The average molecular weight is 342 g/mol. The zero-order chi connectivity index (χ0) is 16.4. The monoisotopic (exact) mass is 342 g/mol. The molecular formula is C18H22N4OS. The molecule has 0 radical (unpaired) electrons. The van der Waals surface area contributed by atoms with Crippen LogP contribution in [0.1, 0.15) is 24.3 Å². The molecule has 1 aliphatic heterocycles. The Morgan fingerprint density at radius 2 is 2.12 bits per heavy atom. The third-order valence-electron chi connectivity index (χ3n) is 4.96. The smallest absolute Gasteiger partial charge is 0.238 e. The van der Waals surface area contributed by atoms with E-state index >= 15 is 0 Å². The number of benzene rings is 1. The number of nitrogens with one attached hydrogen (secondary N) is 3. The molecule has 0 bridgehead atoms. The van der Waals surface area contributed by atoms with E-state index in [0.29, 0.717) is 18.5 Å². The highest BCUT2D eigenvalue weighted by Crippen LogP contribution is 2.31. The molecule has 2 heterocycles. The minimum absolute atomic E-state index is 0.0892. The normalized spacial score (nSPS) is 25.6. The predicted octanol–water partition coefficient (Wildman–Crippen LogP) is 2.11. The van der Waals surface area contributed by atoms with Crippen LogP contribution in [-0.4, -0.2) is 29.5 Å². The minimum atomic E-state index is -0.0892. The van der Waals surface area contributed by atoms with Crippen LogP contribution in [0.2, 0.25) is 0 Å². The zero-order valence-corrected chi connectivity index (χ0v) is 14.3. The Balaban J connectivity index is 1.28. The molecule has 3 N–H and O–H groups in total. The number of carbonyl (C=O) groups excluding carboxylic acids is 1. The first-order valence-corrected chi connectivity index (χ1v) is 9.48. The number of rotatable bonds is 5. The molecule has 1 aromatic carbocycles. The first-order valence-electron chi connectivity index (χ1n) is 8.60. The van der Waals surface area contributed by atoms with E-state index in [4.69, 9.17) is 0 Å². The molecule has 1 aromatic heterocycles. The number of nitrogens with zero attached hydrogens (tertiary/aromatic N) is 1. The second-order valence-corrected chi connectivity index (χ2v) is 7.44. The lowest BCUT2D eigenvalue weighted by molar-refractivity contribution is -0.123. The molecule has 1 aliphatic carbocycles. The van der Waals surface area contributed by atoms with Crippen molar-refractivity contribution in [2.45, 2.75) is 37.8 Å². The summed E-state index contributed by atoms with van der Waals surface area (Å²) >= 11 is 1.65. The number of hydrogen-bond donors (Lipinski definition) is 3. The maximum atomic E-state index is 12.4. The summed E-state index contributed by atoms with van der Waals surface area (Å²) in [7, 11) is 0. The average Bonchev–Trinajstić information content (AvgIpc) is 3.32. The van der Waals surface area contributed by atoms with Crippen molar-refractivity contribution in [3.63, 3.8) is 0 Å². The van der Waals surface area contributed by atoms with Gasteiger partial charge in [-0.1, -0.05) is 36.8 Å². The largest absolute Gasteiger partial charge is 0.354 e. The third kappa shape index (κ3) is 3.22. The first-order chi connectivity index (χ1) is 11.8. The Bertz CT molecular complexity index is 702. The van der Waals surface area contributed by atoms with Crippen molar-refractivity contribution in [3.8, 4) is 11.3 Å². The van der Waals surface area contributed by atoms with Gasteiger partial charge in [0.25, 0.3) is 0 Å². The van der Waals surface area contributed by atoms with E-state index in [2.05, 4.69) is 38.7 Å². The molecule has 1 amide bonds. The Kier molecular flexibility index (Phi) is 4.60. The summed E-state index contributed by atoms with van der Waals surface area (Å²) in [4.78, 5) is 17.0. The minimum Gasteiger partial charge on any atom is -0.354 e. The number of hydrogen-bond acceptors (Lipinski definition) is 5. The van der Waals surface area contributed by atoms with E-state index in [1.165, 1.54) is 12.8 Å². The maximum Gasteiger partial charge on any atom is 0.238 e. The first kappa shape index (κ1) is 15.7. The predicted molar refractivity (Wildman–Crippen MR) is 95.5 cm³/mol. The van der Waals surface area contributed by atoms with Crippen molar-refractivity contribution < 1.29 is 4.79 Å². The summed E-state index contributed by atoms with van der Waals surface area (Å²) in [6, 6.07) is 10.6. The number of amides is 1. The molecule has 1 saturated heterocycles. The van der Waals surface area contributed by atoms with Gasteiger partial charge in [-0.2, -0.15) is 0 Å². The quantitative estimate of drug-likeness (QED) is 0.779. The summed E-state index contributed by atoms with van der Waals surface area (Å²) in [6.07, 6.45) is 4.30. The highest BCUT2D eigenvalue weighted by Gasteiger charge is 2.42. The lowest BCUT2D eigenvalue weighted by Crippen LogP contribution is -2.46. The molecule has 4 rings (SSSR count). The Morgan fingerprint density at radius 1 is 1.25 bits per heavy atom. The van der Waals surface area contributed by atoms with Crippen LogP contribution in [0.3, 0.4) is 0 Å². The van der Waals surface area contributed by atoms with Crippen molar-refractivity contribution in [3.05, 3.63) is 40.7 Å². The summed E-state index contributed by atoms with van der Waals surface area (Å²) in [5, 5.41) is 6.20. The van der Waals surface area contributed by atoms with Crippen LogP contribution < -0.4 is 16.2 Å². The van der Waals surface area contributed by atoms with E-state index in [9.17, 15) is 4.79 Å². The van der Waals surface area contributed by atoms with Crippen LogP contribution in [-0.2, 0) is 11.2 Å².